The quantitative estimate of drug-likeness (QED) is 0.776. The molecule has 6 nitrogen and oxygen atoms in total. The van der Waals surface area contributed by atoms with Gasteiger partial charge in [0.2, 0.25) is 11.8 Å². The minimum atomic E-state index is -0.303. The normalized spacial score (nSPS) is 14.6. The molecule has 1 aromatic heterocycles. The van der Waals surface area contributed by atoms with Crippen LogP contribution in [-0.4, -0.2) is 23.5 Å². The first-order chi connectivity index (χ1) is 7.65. The van der Waals surface area contributed by atoms with Gasteiger partial charge in [0.25, 0.3) is 0 Å². The van der Waals surface area contributed by atoms with Gasteiger partial charge in [0.15, 0.2) is 5.82 Å². The lowest BCUT2D eigenvalue weighted by atomic mass is 10.4. The Morgan fingerprint density at radius 3 is 2.88 bits per heavy atom. The largest absolute Gasteiger partial charge is 0.360 e. The number of hydrogen-bond donors (Lipinski definition) is 2. The fourth-order valence-electron chi connectivity index (χ4n) is 1.27. The number of amides is 2. The molecule has 0 spiro atoms. The highest BCUT2D eigenvalue weighted by Gasteiger charge is 2.29. The molecule has 1 saturated carbocycles. The maximum Gasteiger partial charge on any atom is 0.245 e. The lowest BCUT2D eigenvalue weighted by molar-refractivity contribution is -0.125. The van der Waals surface area contributed by atoms with Crippen LogP contribution in [0.15, 0.2) is 10.6 Å². The minimum absolute atomic E-state index is 0.0265. The first kappa shape index (κ1) is 10.7. The second-order valence-corrected chi connectivity index (χ2v) is 3.86. The summed E-state index contributed by atoms with van der Waals surface area (Å²) in [6, 6.07) is 1.61. The lowest BCUT2D eigenvalue weighted by Crippen LogP contribution is -2.33. The molecule has 1 heterocycles. The monoisotopic (exact) mass is 223 g/mol. The smallest absolute Gasteiger partial charge is 0.245 e. The van der Waals surface area contributed by atoms with Crippen LogP contribution in [0.25, 0.3) is 0 Å². The van der Waals surface area contributed by atoms with Crippen LogP contribution in [0.4, 0.5) is 5.82 Å². The molecule has 0 atom stereocenters. The van der Waals surface area contributed by atoms with Crippen molar-refractivity contribution in [3.05, 3.63) is 11.8 Å². The van der Waals surface area contributed by atoms with Crippen molar-refractivity contribution in [3.8, 4) is 0 Å². The molecular formula is C10H13N3O3. The van der Waals surface area contributed by atoms with Crippen LogP contribution in [0.1, 0.15) is 18.6 Å². The zero-order valence-electron chi connectivity index (χ0n) is 8.95. The molecule has 1 aliphatic rings. The summed E-state index contributed by atoms with van der Waals surface area (Å²) in [6.07, 6.45) is 1.85. The highest BCUT2D eigenvalue weighted by Crippen LogP contribution is 2.28. The van der Waals surface area contributed by atoms with Gasteiger partial charge in [0.1, 0.15) is 5.76 Å². The Morgan fingerprint density at radius 2 is 2.31 bits per heavy atom. The van der Waals surface area contributed by atoms with Crippen molar-refractivity contribution >= 4 is 17.6 Å². The average Bonchev–Trinajstić information content (AvgIpc) is 3.01. The fraction of sp³-hybridized carbons (Fsp3) is 0.500. The Balaban J connectivity index is 1.73. The Morgan fingerprint density at radius 1 is 1.56 bits per heavy atom. The van der Waals surface area contributed by atoms with Gasteiger partial charge in [-0.25, -0.2) is 0 Å². The number of nitrogens with zero attached hydrogens (tertiary/aromatic N) is 1. The van der Waals surface area contributed by atoms with Crippen LogP contribution in [-0.2, 0) is 9.59 Å². The van der Waals surface area contributed by atoms with E-state index in [1.165, 1.54) is 0 Å². The highest BCUT2D eigenvalue weighted by molar-refractivity contribution is 5.94. The van der Waals surface area contributed by atoms with Gasteiger partial charge in [-0.2, -0.15) is 0 Å². The van der Waals surface area contributed by atoms with Crippen LogP contribution in [0.5, 0.6) is 0 Å². The van der Waals surface area contributed by atoms with E-state index in [1.807, 2.05) is 0 Å². The van der Waals surface area contributed by atoms with Gasteiger partial charge < -0.3 is 15.2 Å². The number of nitrogens with one attached hydrogen (secondary N) is 2. The summed E-state index contributed by atoms with van der Waals surface area (Å²) >= 11 is 0. The predicted molar refractivity (Wildman–Crippen MR) is 55.6 cm³/mol. The number of rotatable bonds is 4. The second kappa shape index (κ2) is 4.34. The first-order valence-electron chi connectivity index (χ1n) is 5.16. The third-order valence-electron chi connectivity index (χ3n) is 2.27. The number of carbonyl (C=O) groups is 2. The molecule has 6 heteroatoms. The third kappa shape index (κ3) is 2.82. The summed E-state index contributed by atoms with van der Waals surface area (Å²) < 4.78 is 4.79. The molecule has 1 aromatic rings. The topological polar surface area (TPSA) is 84.2 Å². The van der Waals surface area contributed by atoms with E-state index >= 15 is 0 Å². The van der Waals surface area contributed by atoms with Gasteiger partial charge in [-0.05, 0) is 19.8 Å². The predicted octanol–water partition coefficient (Wildman–Crippen LogP) is 0.448. The summed E-state index contributed by atoms with van der Waals surface area (Å²) in [6.45, 7) is 1.71. The van der Waals surface area contributed by atoms with E-state index in [-0.39, 0.29) is 24.3 Å². The molecule has 2 N–H and O–H groups in total. The zero-order chi connectivity index (χ0) is 11.5. The van der Waals surface area contributed by atoms with Crippen LogP contribution in [0.2, 0.25) is 0 Å². The molecule has 0 unspecified atom stereocenters. The van der Waals surface area contributed by atoms with Crippen molar-refractivity contribution in [1.29, 1.82) is 0 Å². The number of hydrogen-bond acceptors (Lipinski definition) is 4. The van der Waals surface area contributed by atoms with Crippen molar-refractivity contribution in [2.45, 2.75) is 19.8 Å². The highest BCUT2D eigenvalue weighted by atomic mass is 16.5. The van der Waals surface area contributed by atoms with Crippen LogP contribution >= 0.6 is 0 Å². The second-order valence-electron chi connectivity index (χ2n) is 3.86. The summed E-state index contributed by atoms with van der Waals surface area (Å²) in [5.74, 6) is 0.747. The molecular weight excluding hydrogens is 210 g/mol. The molecule has 0 saturated heterocycles. The van der Waals surface area contributed by atoms with Gasteiger partial charge in [-0.3, -0.25) is 9.59 Å². The van der Waals surface area contributed by atoms with E-state index in [1.54, 1.807) is 13.0 Å². The van der Waals surface area contributed by atoms with Crippen LogP contribution in [0.3, 0.4) is 0 Å². The molecule has 0 aliphatic heterocycles. The van der Waals surface area contributed by atoms with Gasteiger partial charge in [0.05, 0.1) is 6.54 Å². The van der Waals surface area contributed by atoms with Gasteiger partial charge >= 0.3 is 0 Å². The van der Waals surface area contributed by atoms with E-state index in [2.05, 4.69) is 15.8 Å². The maximum absolute atomic E-state index is 11.4. The molecule has 2 amide bonds. The van der Waals surface area contributed by atoms with Crippen molar-refractivity contribution < 1.29 is 14.1 Å². The summed E-state index contributed by atoms with van der Waals surface area (Å²) in [5.41, 5.74) is 0. The Bertz CT molecular complexity index is 409. The number of aromatic nitrogens is 1. The van der Waals surface area contributed by atoms with E-state index in [0.29, 0.717) is 11.6 Å². The molecule has 2 rings (SSSR count). The maximum atomic E-state index is 11.4. The number of carbonyl (C=O) groups excluding carboxylic acids is 2. The number of anilines is 1. The SMILES string of the molecule is Cc1cc(NC(=O)CNC(=O)C2CC2)no1. The lowest BCUT2D eigenvalue weighted by Gasteiger charge is -2.03. The molecule has 0 bridgehead atoms. The van der Waals surface area contributed by atoms with Crippen molar-refractivity contribution in [3.63, 3.8) is 0 Å². The molecule has 86 valence electrons. The van der Waals surface area contributed by atoms with E-state index < -0.39 is 0 Å². The van der Waals surface area contributed by atoms with Crippen LogP contribution in [0, 0.1) is 12.8 Å². The molecule has 16 heavy (non-hydrogen) atoms. The van der Waals surface area contributed by atoms with E-state index in [9.17, 15) is 9.59 Å². The Labute approximate surface area is 92.4 Å². The zero-order valence-corrected chi connectivity index (χ0v) is 8.95. The average molecular weight is 223 g/mol. The molecule has 1 aliphatic carbocycles. The Hall–Kier alpha value is -1.85. The van der Waals surface area contributed by atoms with Gasteiger partial charge in [-0.1, -0.05) is 5.16 Å². The minimum Gasteiger partial charge on any atom is -0.360 e. The summed E-state index contributed by atoms with van der Waals surface area (Å²) in [5, 5.41) is 8.69. The van der Waals surface area contributed by atoms with Crippen molar-refractivity contribution in [2.24, 2.45) is 5.92 Å². The molecule has 0 radical (unpaired) electrons. The molecule has 0 aromatic carbocycles. The summed E-state index contributed by atoms with van der Waals surface area (Å²) in [4.78, 5) is 22.6. The van der Waals surface area contributed by atoms with E-state index in [4.69, 9.17) is 4.52 Å². The van der Waals surface area contributed by atoms with Gasteiger partial charge in [0, 0.05) is 12.0 Å². The van der Waals surface area contributed by atoms with E-state index in [0.717, 1.165) is 12.8 Å². The number of aryl methyl sites for hydroxylation is 1. The van der Waals surface area contributed by atoms with Gasteiger partial charge in [-0.15, -0.1) is 0 Å². The fourth-order valence-corrected chi connectivity index (χ4v) is 1.27. The first-order valence-corrected chi connectivity index (χ1v) is 5.16. The molecule has 1 fully saturated rings. The van der Waals surface area contributed by atoms with Crippen molar-refractivity contribution in [2.75, 3.05) is 11.9 Å². The standard InChI is InChI=1S/C10H13N3O3/c1-6-4-8(13-16-6)12-9(14)5-11-10(15)7-2-3-7/h4,7H,2-3,5H2,1H3,(H,11,15)(H,12,13,14). The van der Waals surface area contributed by atoms with Crippen molar-refractivity contribution in [1.82, 2.24) is 10.5 Å². The Kier molecular flexibility index (Phi) is 2.89. The third-order valence-corrected chi connectivity index (χ3v) is 2.27. The summed E-state index contributed by atoms with van der Waals surface area (Å²) in [7, 11) is 0. The van der Waals surface area contributed by atoms with Crippen LogP contribution < -0.4 is 10.6 Å².